The summed E-state index contributed by atoms with van der Waals surface area (Å²) in [6, 6.07) is 21.0. The van der Waals surface area contributed by atoms with Crippen molar-refractivity contribution in [2.24, 2.45) is 9.98 Å². The van der Waals surface area contributed by atoms with Crippen LogP contribution in [0.1, 0.15) is 58.7 Å². The Kier molecular flexibility index (Phi) is 5.57. The first-order valence-electron chi connectivity index (χ1n) is 11.9. The third-order valence-electron chi connectivity index (χ3n) is 6.66. The van der Waals surface area contributed by atoms with Crippen molar-refractivity contribution < 1.29 is 4.42 Å². The van der Waals surface area contributed by atoms with Crippen LogP contribution in [0.2, 0.25) is 0 Å². The van der Waals surface area contributed by atoms with Gasteiger partial charge in [-0.25, -0.2) is 9.98 Å². The molecule has 0 bridgehead atoms. The van der Waals surface area contributed by atoms with Gasteiger partial charge in [-0.1, -0.05) is 74.5 Å². The number of aryl methyl sites for hydroxylation is 4. The van der Waals surface area contributed by atoms with E-state index in [1.165, 1.54) is 0 Å². The average molecular weight is 447 g/mol. The van der Waals surface area contributed by atoms with Gasteiger partial charge in [-0.3, -0.25) is 0 Å². The Bertz CT molecular complexity index is 1430. The monoisotopic (exact) mass is 446 g/mol. The molecule has 1 aliphatic carbocycles. The molecule has 0 saturated carbocycles. The van der Waals surface area contributed by atoms with Crippen molar-refractivity contribution in [3.8, 4) is 11.3 Å². The fraction of sp³-hybridized carbons (Fsp3) is 0.226. The van der Waals surface area contributed by atoms with Crippen LogP contribution >= 0.6 is 0 Å². The summed E-state index contributed by atoms with van der Waals surface area (Å²) in [5.41, 5.74) is 12.7. The van der Waals surface area contributed by atoms with Gasteiger partial charge in [-0.2, -0.15) is 0 Å². The zero-order valence-corrected chi connectivity index (χ0v) is 20.7. The molecule has 1 aromatic heterocycles. The Balaban J connectivity index is 1.91. The number of rotatable bonds is 3. The van der Waals surface area contributed by atoms with Gasteiger partial charge in [-0.15, -0.1) is 0 Å². The van der Waals surface area contributed by atoms with Crippen LogP contribution in [0.4, 0.5) is 11.4 Å². The lowest BCUT2D eigenvalue weighted by atomic mass is 9.83. The van der Waals surface area contributed by atoms with Gasteiger partial charge >= 0.3 is 0 Å². The second-order valence-corrected chi connectivity index (χ2v) is 9.50. The summed E-state index contributed by atoms with van der Waals surface area (Å²) in [5, 5.41) is 0. The molecular weight excluding hydrogens is 416 g/mol. The molecule has 1 heterocycles. The molecule has 0 unspecified atom stereocenters. The predicted octanol–water partition coefficient (Wildman–Crippen LogP) is 8.56. The summed E-state index contributed by atoms with van der Waals surface area (Å²) in [4.78, 5) is 10.7. The van der Waals surface area contributed by atoms with E-state index in [0.29, 0.717) is 5.92 Å². The maximum atomic E-state index is 6.21. The largest absolute Gasteiger partial charge is 0.463 e. The number of nitrogens with zero attached hydrogens (tertiary/aromatic N) is 2. The molecule has 1 aliphatic rings. The van der Waals surface area contributed by atoms with E-state index in [4.69, 9.17) is 14.4 Å². The Morgan fingerprint density at radius 2 is 1.12 bits per heavy atom. The summed E-state index contributed by atoms with van der Waals surface area (Å²) in [6.45, 7) is 12.9. The third-order valence-corrected chi connectivity index (χ3v) is 6.66. The van der Waals surface area contributed by atoms with Crippen LogP contribution in [-0.4, -0.2) is 11.4 Å². The van der Waals surface area contributed by atoms with E-state index in [-0.39, 0.29) is 0 Å². The van der Waals surface area contributed by atoms with Crippen molar-refractivity contribution in [2.75, 3.05) is 0 Å². The highest BCUT2D eigenvalue weighted by Crippen LogP contribution is 2.41. The zero-order chi connectivity index (χ0) is 24.0. The Morgan fingerprint density at radius 3 is 1.65 bits per heavy atom. The maximum Gasteiger partial charge on any atom is 0.144 e. The number of para-hydroxylation sites is 2. The third kappa shape index (κ3) is 3.62. The summed E-state index contributed by atoms with van der Waals surface area (Å²) in [7, 11) is 0. The average Bonchev–Trinajstić information content (AvgIpc) is 3.25. The minimum atomic E-state index is 0.294. The first-order valence-corrected chi connectivity index (χ1v) is 11.9. The quantitative estimate of drug-likeness (QED) is 0.310. The Morgan fingerprint density at radius 1 is 0.618 bits per heavy atom. The highest BCUT2D eigenvalue weighted by molar-refractivity contribution is 6.57. The summed E-state index contributed by atoms with van der Waals surface area (Å²) < 4.78 is 6.21. The Hall–Kier alpha value is -3.72. The van der Waals surface area contributed by atoms with E-state index in [1.807, 2.05) is 6.26 Å². The molecule has 170 valence electrons. The first kappa shape index (κ1) is 22.1. The molecule has 0 atom stereocenters. The molecule has 3 aromatic carbocycles. The summed E-state index contributed by atoms with van der Waals surface area (Å²) >= 11 is 0. The van der Waals surface area contributed by atoms with E-state index >= 15 is 0 Å². The molecule has 0 spiro atoms. The van der Waals surface area contributed by atoms with Crippen LogP contribution in [0.25, 0.3) is 11.3 Å². The fourth-order valence-corrected chi connectivity index (χ4v) is 4.78. The molecule has 0 amide bonds. The minimum absolute atomic E-state index is 0.294. The van der Waals surface area contributed by atoms with E-state index in [2.05, 4.69) is 102 Å². The Labute approximate surface area is 201 Å². The second-order valence-electron chi connectivity index (χ2n) is 9.50. The number of furan rings is 1. The topological polar surface area (TPSA) is 37.9 Å². The van der Waals surface area contributed by atoms with Crippen LogP contribution in [0.3, 0.4) is 0 Å². The highest BCUT2D eigenvalue weighted by Gasteiger charge is 2.33. The van der Waals surface area contributed by atoms with Crippen molar-refractivity contribution in [3.63, 3.8) is 0 Å². The lowest BCUT2D eigenvalue weighted by Crippen LogP contribution is -2.24. The van der Waals surface area contributed by atoms with Crippen molar-refractivity contribution in [1.29, 1.82) is 0 Å². The number of aliphatic imine (C=N–C) groups is 2. The number of hydrogen-bond acceptors (Lipinski definition) is 3. The molecule has 0 fully saturated rings. The van der Waals surface area contributed by atoms with Gasteiger partial charge in [0.05, 0.1) is 28.9 Å². The molecule has 3 nitrogen and oxygen atoms in total. The highest BCUT2D eigenvalue weighted by atomic mass is 16.3. The van der Waals surface area contributed by atoms with Crippen LogP contribution < -0.4 is 0 Å². The van der Waals surface area contributed by atoms with E-state index in [9.17, 15) is 0 Å². The van der Waals surface area contributed by atoms with E-state index in [1.54, 1.807) is 0 Å². The second kappa shape index (κ2) is 8.57. The SMILES string of the molecule is Cc1cccc(C)c1/N=C1/C(=N/c2c(C)cccc2C)c2c(C(C)C)coc2-c2ccccc21. The molecule has 0 saturated heterocycles. The van der Waals surface area contributed by atoms with Crippen LogP contribution in [0, 0.1) is 27.7 Å². The van der Waals surface area contributed by atoms with Gasteiger partial charge in [0.1, 0.15) is 11.5 Å². The molecule has 0 aliphatic heterocycles. The molecule has 0 radical (unpaired) electrons. The first-order chi connectivity index (χ1) is 16.4. The van der Waals surface area contributed by atoms with Gasteiger partial charge in [0, 0.05) is 16.7 Å². The molecule has 5 rings (SSSR count). The van der Waals surface area contributed by atoms with Crippen molar-refractivity contribution in [1.82, 2.24) is 0 Å². The van der Waals surface area contributed by atoms with E-state index < -0.39 is 0 Å². The zero-order valence-electron chi connectivity index (χ0n) is 20.7. The predicted molar refractivity (Wildman–Crippen MR) is 142 cm³/mol. The number of benzene rings is 3. The fourth-order valence-electron chi connectivity index (χ4n) is 4.78. The van der Waals surface area contributed by atoms with Crippen LogP contribution in [-0.2, 0) is 0 Å². The minimum Gasteiger partial charge on any atom is -0.463 e. The number of fused-ring (bicyclic) bond motifs is 3. The molecular formula is C31H30N2O. The molecule has 4 aromatic rings. The maximum absolute atomic E-state index is 6.21. The van der Waals surface area contributed by atoms with Gasteiger partial charge in [-0.05, 0) is 55.9 Å². The molecule has 34 heavy (non-hydrogen) atoms. The van der Waals surface area contributed by atoms with Crippen molar-refractivity contribution in [3.05, 3.63) is 106 Å². The van der Waals surface area contributed by atoms with Crippen LogP contribution in [0.5, 0.6) is 0 Å². The van der Waals surface area contributed by atoms with Gasteiger partial charge in [0.25, 0.3) is 0 Å². The molecule has 3 heteroatoms. The lowest BCUT2D eigenvalue weighted by Gasteiger charge is -2.22. The standard InChI is InChI=1S/C31H30N2O/c1-18(2)25-17-34-31-24-16-8-7-15-23(24)29(32-27-19(3)11-9-12-20(27)4)30(26(25)31)33-28-21(5)13-10-14-22(28)6/h7-18H,1-6H3/b32-29+,33-30+. The van der Waals surface area contributed by atoms with Crippen molar-refractivity contribution in [2.45, 2.75) is 47.5 Å². The smallest absolute Gasteiger partial charge is 0.144 e. The van der Waals surface area contributed by atoms with Gasteiger partial charge in [0.15, 0.2) is 0 Å². The van der Waals surface area contributed by atoms with Crippen LogP contribution in [0.15, 0.2) is 81.3 Å². The van der Waals surface area contributed by atoms with Crippen molar-refractivity contribution >= 4 is 22.8 Å². The lowest BCUT2D eigenvalue weighted by molar-refractivity contribution is 0.575. The number of hydrogen-bond donors (Lipinski definition) is 0. The summed E-state index contributed by atoms with van der Waals surface area (Å²) in [5.74, 6) is 1.17. The van der Waals surface area contributed by atoms with Gasteiger partial charge in [0.2, 0.25) is 0 Å². The molecule has 0 N–H and O–H groups in total. The summed E-state index contributed by atoms with van der Waals surface area (Å²) in [6.07, 6.45) is 1.90. The normalized spacial score (nSPS) is 15.1. The van der Waals surface area contributed by atoms with E-state index in [0.717, 1.165) is 73.1 Å². The van der Waals surface area contributed by atoms with Gasteiger partial charge < -0.3 is 4.42 Å².